The van der Waals surface area contributed by atoms with Crippen LogP contribution < -0.4 is 0 Å². The van der Waals surface area contributed by atoms with Crippen LogP contribution in [0.1, 0.15) is 22.8 Å². The van der Waals surface area contributed by atoms with Gasteiger partial charge in [-0.25, -0.2) is 8.78 Å². The first-order chi connectivity index (χ1) is 8.47. The van der Waals surface area contributed by atoms with E-state index < -0.39 is 17.7 Å². The number of aliphatic hydroxyl groups excluding tert-OH is 1. The minimum absolute atomic E-state index is 0.192. The Hall–Kier alpha value is -1.26. The van der Waals surface area contributed by atoms with Gasteiger partial charge in [-0.05, 0) is 41.8 Å². The van der Waals surface area contributed by atoms with E-state index in [2.05, 4.69) is 15.9 Å². The van der Waals surface area contributed by atoms with Crippen molar-refractivity contribution in [1.82, 2.24) is 0 Å². The van der Waals surface area contributed by atoms with Gasteiger partial charge in [-0.1, -0.05) is 28.1 Å². The van der Waals surface area contributed by atoms with E-state index in [4.69, 9.17) is 0 Å². The molecule has 0 radical (unpaired) electrons. The van der Waals surface area contributed by atoms with Gasteiger partial charge < -0.3 is 5.11 Å². The van der Waals surface area contributed by atoms with Gasteiger partial charge in [0.2, 0.25) is 0 Å². The van der Waals surface area contributed by atoms with Crippen molar-refractivity contribution in [3.8, 4) is 0 Å². The molecule has 1 unspecified atom stereocenters. The first kappa shape index (κ1) is 13.2. The fourth-order valence-corrected chi connectivity index (χ4v) is 2.48. The molecule has 0 bridgehead atoms. The lowest BCUT2D eigenvalue weighted by atomic mass is 10.0. The molecule has 2 rings (SSSR count). The number of aliphatic hydroxyl groups is 1. The Morgan fingerprint density at radius 3 is 2.22 bits per heavy atom. The van der Waals surface area contributed by atoms with Gasteiger partial charge in [0.1, 0.15) is 17.7 Å². The van der Waals surface area contributed by atoms with Gasteiger partial charge in [-0.2, -0.15) is 0 Å². The zero-order valence-corrected chi connectivity index (χ0v) is 11.2. The molecule has 1 N–H and O–H groups in total. The SMILES string of the molecule is Cc1ccc(C(O)c2cc(F)cc(F)c2)c(Br)c1. The summed E-state index contributed by atoms with van der Waals surface area (Å²) < 4.78 is 26.9. The Labute approximate surface area is 112 Å². The Kier molecular flexibility index (Phi) is 3.78. The van der Waals surface area contributed by atoms with E-state index in [1.165, 1.54) is 0 Å². The maximum absolute atomic E-state index is 13.1. The molecule has 2 aromatic carbocycles. The molecule has 1 nitrogen and oxygen atoms in total. The summed E-state index contributed by atoms with van der Waals surface area (Å²) in [6, 6.07) is 8.43. The lowest BCUT2D eigenvalue weighted by Gasteiger charge is -2.14. The monoisotopic (exact) mass is 312 g/mol. The van der Waals surface area contributed by atoms with E-state index in [0.29, 0.717) is 10.0 Å². The fraction of sp³-hybridized carbons (Fsp3) is 0.143. The van der Waals surface area contributed by atoms with Gasteiger partial charge >= 0.3 is 0 Å². The van der Waals surface area contributed by atoms with Crippen molar-refractivity contribution in [2.75, 3.05) is 0 Å². The van der Waals surface area contributed by atoms with E-state index >= 15 is 0 Å². The predicted octanol–water partition coefficient (Wildman–Crippen LogP) is 4.12. The van der Waals surface area contributed by atoms with Crippen LogP contribution in [0.5, 0.6) is 0 Å². The predicted molar refractivity (Wildman–Crippen MR) is 69.3 cm³/mol. The van der Waals surface area contributed by atoms with E-state index in [9.17, 15) is 13.9 Å². The highest BCUT2D eigenvalue weighted by Gasteiger charge is 2.15. The van der Waals surface area contributed by atoms with Crippen molar-refractivity contribution in [2.45, 2.75) is 13.0 Å². The molecule has 0 aromatic heterocycles. The van der Waals surface area contributed by atoms with Crippen molar-refractivity contribution < 1.29 is 13.9 Å². The lowest BCUT2D eigenvalue weighted by molar-refractivity contribution is 0.218. The smallest absolute Gasteiger partial charge is 0.126 e. The largest absolute Gasteiger partial charge is 0.384 e. The Balaban J connectivity index is 2.44. The van der Waals surface area contributed by atoms with Crippen molar-refractivity contribution in [3.05, 3.63) is 69.2 Å². The standard InChI is InChI=1S/C14H11BrF2O/c1-8-2-3-12(13(15)4-8)14(18)9-5-10(16)7-11(17)6-9/h2-7,14,18H,1H3. The van der Waals surface area contributed by atoms with Gasteiger partial charge in [0.15, 0.2) is 0 Å². The number of halogens is 3. The molecule has 0 aliphatic rings. The minimum Gasteiger partial charge on any atom is -0.384 e. The van der Waals surface area contributed by atoms with Crippen molar-refractivity contribution in [2.24, 2.45) is 0 Å². The molecule has 0 saturated carbocycles. The zero-order valence-electron chi connectivity index (χ0n) is 9.62. The van der Waals surface area contributed by atoms with Crippen LogP contribution in [0.15, 0.2) is 40.9 Å². The van der Waals surface area contributed by atoms with Crippen LogP contribution in [-0.4, -0.2) is 5.11 Å². The van der Waals surface area contributed by atoms with Crippen LogP contribution >= 0.6 is 15.9 Å². The molecule has 1 atom stereocenters. The minimum atomic E-state index is -1.06. The number of rotatable bonds is 2. The molecule has 4 heteroatoms. The third-order valence-electron chi connectivity index (χ3n) is 2.65. The highest BCUT2D eigenvalue weighted by molar-refractivity contribution is 9.10. The highest BCUT2D eigenvalue weighted by atomic mass is 79.9. The average Bonchev–Trinajstić information content (AvgIpc) is 2.26. The summed E-state index contributed by atoms with van der Waals surface area (Å²) in [6.07, 6.45) is -1.06. The molecule has 0 saturated heterocycles. The summed E-state index contributed by atoms with van der Waals surface area (Å²) in [5, 5.41) is 10.1. The van der Waals surface area contributed by atoms with Crippen LogP contribution in [0.3, 0.4) is 0 Å². The number of hydrogen-bond acceptors (Lipinski definition) is 1. The fourth-order valence-electron chi connectivity index (χ4n) is 1.77. The number of aryl methyl sites for hydroxylation is 1. The van der Waals surface area contributed by atoms with Crippen molar-refractivity contribution >= 4 is 15.9 Å². The maximum Gasteiger partial charge on any atom is 0.126 e. The van der Waals surface area contributed by atoms with Gasteiger partial charge in [0.05, 0.1) is 0 Å². The van der Waals surface area contributed by atoms with E-state index in [0.717, 1.165) is 23.8 Å². The molecular weight excluding hydrogens is 302 g/mol. The highest BCUT2D eigenvalue weighted by Crippen LogP contribution is 2.29. The molecule has 0 spiro atoms. The summed E-state index contributed by atoms with van der Waals surface area (Å²) in [4.78, 5) is 0. The molecule has 0 fully saturated rings. The van der Waals surface area contributed by atoms with E-state index in [1.54, 1.807) is 6.07 Å². The molecular formula is C14H11BrF2O. The summed E-state index contributed by atoms with van der Waals surface area (Å²) in [5.74, 6) is -1.40. The van der Waals surface area contributed by atoms with Gasteiger partial charge in [0, 0.05) is 10.5 Å². The third kappa shape index (κ3) is 2.76. The maximum atomic E-state index is 13.1. The molecule has 94 valence electrons. The molecule has 2 aromatic rings. The lowest BCUT2D eigenvalue weighted by Crippen LogP contribution is -2.02. The first-order valence-electron chi connectivity index (χ1n) is 5.37. The normalized spacial score (nSPS) is 12.5. The second-order valence-electron chi connectivity index (χ2n) is 4.13. The van der Waals surface area contributed by atoms with Gasteiger partial charge in [-0.3, -0.25) is 0 Å². The summed E-state index contributed by atoms with van der Waals surface area (Å²) in [6.45, 7) is 1.92. The van der Waals surface area contributed by atoms with Gasteiger partial charge in [-0.15, -0.1) is 0 Å². The summed E-state index contributed by atoms with van der Waals surface area (Å²) in [5.41, 5.74) is 1.80. The molecule has 0 aliphatic carbocycles. The average molecular weight is 313 g/mol. The van der Waals surface area contributed by atoms with Crippen LogP contribution in [0, 0.1) is 18.6 Å². The Morgan fingerprint density at radius 2 is 1.67 bits per heavy atom. The molecule has 0 aliphatic heterocycles. The Morgan fingerprint density at radius 1 is 1.06 bits per heavy atom. The second kappa shape index (κ2) is 5.16. The number of benzene rings is 2. The molecule has 18 heavy (non-hydrogen) atoms. The zero-order chi connectivity index (χ0) is 13.3. The van der Waals surface area contributed by atoms with E-state index in [-0.39, 0.29) is 5.56 Å². The second-order valence-corrected chi connectivity index (χ2v) is 4.98. The van der Waals surface area contributed by atoms with Crippen molar-refractivity contribution in [1.29, 1.82) is 0 Å². The molecule has 0 heterocycles. The molecule has 0 amide bonds. The van der Waals surface area contributed by atoms with E-state index in [1.807, 2.05) is 19.1 Å². The van der Waals surface area contributed by atoms with Gasteiger partial charge in [0.25, 0.3) is 0 Å². The van der Waals surface area contributed by atoms with Crippen LogP contribution in [0.4, 0.5) is 8.78 Å². The topological polar surface area (TPSA) is 20.2 Å². The number of hydrogen-bond donors (Lipinski definition) is 1. The Bertz CT molecular complexity index is 564. The first-order valence-corrected chi connectivity index (χ1v) is 6.17. The third-order valence-corrected chi connectivity index (χ3v) is 3.34. The van der Waals surface area contributed by atoms with Crippen molar-refractivity contribution in [3.63, 3.8) is 0 Å². The van der Waals surface area contributed by atoms with Crippen LogP contribution in [0.2, 0.25) is 0 Å². The van der Waals surface area contributed by atoms with Crippen LogP contribution in [-0.2, 0) is 0 Å². The van der Waals surface area contributed by atoms with Crippen LogP contribution in [0.25, 0.3) is 0 Å². The summed E-state index contributed by atoms with van der Waals surface area (Å²) >= 11 is 3.33. The summed E-state index contributed by atoms with van der Waals surface area (Å²) in [7, 11) is 0. The quantitative estimate of drug-likeness (QED) is 0.884.